The second kappa shape index (κ2) is 10.1. The van der Waals surface area contributed by atoms with Gasteiger partial charge in [-0.1, -0.05) is 41.3 Å². The van der Waals surface area contributed by atoms with Crippen LogP contribution in [0, 0.1) is 12.7 Å². The highest BCUT2D eigenvalue weighted by Crippen LogP contribution is 2.20. The van der Waals surface area contributed by atoms with Crippen LogP contribution in [0.2, 0.25) is 0 Å². The van der Waals surface area contributed by atoms with Crippen LogP contribution < -0.4 is 10.6 Å². The number of allylic oxidation sites excluding steroid dienone is 1. The quantitative estimate of drug-likeness (QED) is 0.383. The summed E-state index contributed by atoms with van der Waals surface area (Å²) in [5.41, 5.74) is 0.0930. The molecule has 2 amide bonds. The summed E-state index contributed by atoms with van der Waals surface area (Å²) in [6.45, 7) is 5.85. The summed E-state index contributed by atoms with van der Waals surface area (Å²) < 4.78 is 15.4. The fourth-order valence-corrected chi connectivity index (χ4v) is 3.78. The minimum absolute atomic E-state index is 0.0787. The predicted molar refractivity (Wildman–Crippen MR) is 113 cm³/mol. The number of amides is 2. The number of rotatable bonds is 9. The zero-order valence-electron chi connectivity index (χ0n) is 16.0. The van der Waals surface area contributed by atoms with Gasteiger partial charge in [0.25, 0.3) is 0 Å². The van der Waals surface area contributed by atoms with Crippen molar-refractivity contribution in [3.05, 3.63) is 53.6 Å². The Kier molecular flexibility index (Phi) is 7.25. The maximum atomic E-state index is 13.7. The van der Waals surface area contributed by atoms with Crippen LogP contribution in [-0.4, -0.2) is 42.5 Å². The minimum Gasteiger partial charge on any atom is -0.323 e. The van der Waals surface area contributed by atoms with E-state index in [1.807, 2.05) is 0 Å². The molecule has 0 spiro atoms. The van der Waals surface area contributed by atoms with Gasteiger partial charge in [-0.15, -0.1) is 27.0 Å². The summed E-state index contributed by atoms with van der Waals surface area (Å²) in [6, 6.07) is 5.90. The van der Waals surface area contributed by atoms with Crippen molar-refractivity contribution in [2.75, 3.05) is 16.4 Å². The van der Waals surface area contributed by atoms with Crippen LogP contribution in [0.3, 0.4) is 0 Å². The van der Waals surface area contributed by atoms with Gasteiger partial charge in [0.15, 0.2) is 5.16 Å². The van der Waals surface area contributed by atoms with Crippen molar-refractivity contribution in [1.82, 2.24) is 25.0 Å². The number of benzene rings is 1. The molecule has 2 heterocycles. The second-order valence-corrected chi connectivity index (χ2v) is 8.09. The highest BCUT2D eigenvalue weighted by Gasteiger charge is 2.17. The van der Waals surface area contributed by atoms with E-state index < -0.39 is 11.7 Å². The van der Waals surface area contributed by atoms with E-state index in [1.165, 1.54) is 41.3 Å². The number of nitrogens with zero attached hydrogens (tertiary/aromatic N) is 5. The van der Waals surface area contributed by atoms with E-state index in [2.05, 4.69) is 37.6 Å². The molecule has 0 saturated carbocycles. The number of hydrogen-bond donors (Lipinski definition) is 2. The number of aryl methyl sites for hydroxylation is 1. The van der Waals surface area contributed by atoms with E-state index in [0.717, 1.165) is 5.01 Å². The number of carbonyl (C=O) groups is 2. The minimum atomic E-state index is -0.522. The van der Waals surface area contributed by atoms with E-state index >= 15 is 0 Å². The van der Waals surface area contributed by atoms with Gasteiger partial charge in [0.05, 0.1) is 17.9 Å². The molecule has 0 aliphatic heterocycles. The Bertz CT molecular complexity index is 1070. The first-order chi connectivity index (χ1) is 14.5. The highest BCUT2D eigenvalue weighted by molar-refractivity contribution is 7.99. The van der Waals surface area contributed by atoms with Crippen LogP contribution in [0.1, 0.15) is 10.8 Å². The average molecular weight is 448 g/mol. The predicted octanol–water partition coefficient (Wildman–Crippen LogP) is 2.68. The van der Waals surface area contributed by atoms with E-state index in [4.69, 9.17) is 0 Å². The van der Waals surface area contributed by atoms with Gasteiger partial charge in [-0.3, -0.25) is 14.9 Å². The van der Waals surface area contributed by atoms with Gasteiger partial charge in [-0.05, 0) is 19.1 Å². The number of aromatic nitrogens is 5. The third-order valence-electron chi connectivity index (χ3n) is 3.68. The van der Waals surface area contributed by atoms with E-state index in [1.54, 1.807) is 23.6 Å². The number of carbonyl (C=O) groups excluding carboxylic acids is 2. The van der Waals surface area contributed by atoms with Crippen LogP contribution in [0.25, 0.3) is 0 Å². The lowest BCUT2D eigenvalue weighted by atomic mass is 10.3. The van der Waals surface area contributed by atoms with Gasteiger partial charge in [-0.2, -0.15) is 0 Å². The Morgan fingerprint density at radius 3 is 2.70 bits per heavy atom. The molecular weight excluding hydrogens is 429 g/mol. The van der Waals surface area contributed by atoms with Gasteiger partial charge >= 0.3 is 0 Å². The van der Waals surface area contributed by atoms with Crippen LogP contribution >= 0.6 is 23.1 Å². The van der Waals surface area contributed by atoms with Crippen molar-refractivity contribution >= 4 is 45.7 Å². The molecule has 156 valence electrons. The van der Waals surface area contributed by atoms with Crippen LogP contribution in [0.5, 0.6) is 0 Å². The van der Waals surface area contributed by atoms with Crippen LogP contribution in [0.15, 0.2) is 42.1 Å². The number of para-hydroxylation sites is 1. The summed E-state index contributed by atoms with van der Waals surface area (Å²) in [5.74, 6) is -0.755. The number of halogens is 1. The maximum Gasteiger partial charge on any atom is 0.236 e. The molecule has 0 radical (unpaired) electrons. The van der Waals surface area contributed by atoms with Gasteiger partial charge in [0.2, 0.25) is 16.9 Å². The van der Waals surface area contributed by atoms with E-state index in [0.29, 0.717) is 22.7 Å². The van der Waals surface area contributed by atoms with Crippen molar-refractivity contribution in [2.45, 2.75) is 25.0 Å². The first kappa shape index (κ1) is 21.6. The molecule has 0 atom stereocenters. The molecule has 2 aromatic heterocycles. The number of thioether (sulfide) groups is 1. The highest BCUT2D eigenvalue weighted by atomic mass is 32.2. The lowest BCUT2D eigenvalue weighted by molar-refractivity contribution is -0.116. The Labute approximate surface area is 179 Å². The van der Waals surface area contributed by atoms with Crippen LogP contribution in [0.4, 0.5) is 15.2 Å². The summed E-state index contributed by atoms with van der Waals surface area (Å²) in [5, 5.41) is 22.6. The van der Waals surface area contributed by atoms with Gasteiger partial charge in [0, 0.05) is 6.54 Å². The largest absolute Gasteiger partial charge is 0.323 e. The summed E-state index contributed by atoms with van der Waals surface area (Å²) in [4.78, 5) is 24.4. The Morgan fingerprint density at radius 2 is 2.00 bits per heavy atom. The number of nitrogens with one attached hydrogen (secondary N) is 2. The Morgan fingerprint density at radius 1 is 1.20 bits per heavy atom. The molecule has 0 bridgehead atoms. The lowest BCUT2D eigenvalue weighted by Crippen LogP contribution is -2.18. The maximum absolute atomic E-state index is 13.7. The Hall–Kier alpha value is -3.12. The molecule has 0 aliphatic rings. The number of hydrogen-bond acceptors (Lipinski definition) is 8. The first-order valence-corrected chi connectivity index (χ1v) is 10.6. The fourth-order valence-electron chi connectivity index (χ4n) is 2.40. The summed E-state index contributed by atoms with van der Waals surface area (Å²) in [7, 11) is 0. The molecule has 30 heavy (non-hydrogen) atoms. The van der Waals surface area contributed by atoms with Crippen molar-refractivity contribution in [3.8, 4) is 0 Å². The van der Waals surface area contributed by atoms with Crippen molar-refractivity contribution in [2.24, 2.45) is 0 Å². The topological polar surface area (TPSA) is 115 Å². The third-order valence-corrected chi connectivity index (χ3v) is 5.40. The molecule has 3 aromatic rings. The molecule has 0 saturated heterocycles. The fraction of sp³-hybridized carbons (Fsp3) is 0.222. The average Bonchev–Trinajstić information content (AvgIpc) is 3.28. The monoisotopic (exact) mass is 447 g/mol. The third kappa shape index (κ3) is 5.70. The molecule has 2 N–H and O–H groups in total. The molecule has 9 nitrogen and oxygen atoms in total. The molecule has 0 aliphatic carbocycles. The molecule has 0 fully saturated rings. The normalized spacial score (nSPS) is 10.6. The lowest BCUT2D eigenvalue weighted by Gasteiger charge is -2.08. The van der Waals surface area contributed by atoms with Gasteiger partial charge < -0.3 is 9.88 Å². The van der Waals surface area contributed by atoms with Crippen molar-refractivity contribution in [1.29, 1.82) is 0 Å². The molecule has 0 unspecified atom stereocenters. The molecule has 1 aromatic carbocycles. The molecular formula is C18H18FN7O2S2. The SMILES string of the molecule is C=CCn1c(CC(=O)Nc2ccccc2F)nnc1SCC(=O)Nc1nnc(C)s1. The second-order valence-electron chi connectivity index (χ2n) is 5.97. The zero-order chi connectivity index (χ0) is 21.5. The van der Waals surface area contributed by atoms with Gasteiger partial charge in [-0.25, -0.2) is 4.39 Å². The smallest absolute Gasteiger partial charge is 0.236 e. The first-order valence-electron chi connectivity index (χ1n) is 8.76. The Balaban J connectivity index is 1.62. The summed E-state index contributed by atoms with van der Waals surface area (Å²) >= 11 is 2.45. The molecule has 3 rings (SSSR count). The van der Waals surface area contributed by atoms with E-state index in [-0.39, 0.29) is 23.8 Å². The van der Waals surface area contributed by atoms with Crippen LogP contribution in [-0.2, 0) is 22.6 Å². The zero-order valence-corrected chi connectivity index (χ0v) is 17.6. The molecule has 12 heteroatoms. The van der Waals surface area contributed by atoms with E-state index in [9.17, 15) is 14.0 Å². The standard InChI is InChI=1S/C18H18FN7O2S2/c1-3-8-26-14(9-15(27)20-13-7-5-4-6-12(13)19)23-25-18(26)29-10-16(28)21-17-24-22-11(2)30-17/h3-7H,1,8-10H2,2H3,(H,20,27)(H,21,24,28). The van der Waals surface area contributed by atoms with Crippen molar-refractivity contribution in [3.63, 3.8) is 0 Å². The van der Waals surface area contributed by atoms with Crippen molar-refractivity contribution < 1.29 is 14.0 Å². The summed E-state index contributed by atoms with van der Waals surface area (Å²) in [6.07, 6.45) is 1.53. The van der Waals surface area contributed by atoms with Gasteiger partial charge in [0.1, 0.15) is 16.6 Å². The number of anilines is 2.